The molecule has 0 aliphatic carbocycles. The second-order valence-electron chi connectivity index (χ2n) is 4.55. The molecule has 0 spiro atoms. The molecule has 0 atom stereocenters. The van der Waals surface area contributed by atoms with Gasteiger partial charge in [0.1, 0.15) is 11.8 Å². The van der Waals surface area contributed by atoms with Crippen molar-refractivity contribution in [3.63, 3.8) is 0 Å². The van der Waals surface area contributed by atoms with Crippen molar-refractivity contribution >= 4 is 0 Å². The van der Waals surface area contributed by atoms with Crippen LogP contribution in [0.4, 0.5) is 0 Å². The Morgan fingerprint density at radius 1 is 1.05 bits per heavy atom. The zero-order valence-corrected chi connectivity index (χ0v) is 11.9. The predicted molar refractivity (Wildman–Crippen MR) is 78.3 cm³/mol. The lowest BCUT2D eigenvalue weighted by Crippen LogP contribution is -1.94. The van der Waals surface area contributed by atoms with Gasteiger partial charge in [-0.1, -0.05) is 19.1 Å². The molecule has 0 radical (unpaired) electrons. The molecule has 0 amide bonds. The summed E-state index contributed by atoms with van der Waals surface area (Å²) in [5.41, 5.74) is 2.73. The summed E-state index contributed by atoms with van der Waals surface area (Å²) in [6.45, 7) is 4.03. The van der Waals surface area contributed by atoms with Gasteiger partial charge < -0.3 is 9.47 Å². The van der Waals surface area contributed by atoms with Crippen LogP contribution in [0.2, 0.25) is 0 Å². The minimum Gasteiger partial charge on any atom is -0.493 e. The zero-order valence-electron chi connectivity index (χ0n) is 11.9. The molecule has 3 heteroatoms. The summed E-state index contributed by atoms with van der Waals surface area (Å²) in [7, 11) is 1.61. The first kappa shape index (κ1) is 14.0. The average Bonchev–Trinajstić information content (AvgIpc) is 2.49. The van der Waals surface area contributed by atoms with Crippen LogP contribution in [-0.4, -0.2) is 7.11 Å². The second kappa shape index (κ2) is 6.12. The number of benzene rings is 2. The van der Waals surface area contributed by atoms with E-state index in [4.69, 9.17) is 14.7 Å². The highest BCUT2D eigenvalue weighted by molar-refractivity contribution is 5.50. The summed E-state index contributed by atoms with van der Waals surface area (Å²) < 4.78 is 11.2. The van der Waals surface area contributed by atoms with Gasteiger partial charge in [-0.05, 0) is 48.7 Å². The van der Waals surface area contributed by atoms with Gasteiger partial charge >= 0.3 is 0 Å². The summed E-state index contributed by atoms with van der Waals surface area (Å²) in [6, 6.07) is 13.5. The van der Waals surface area contributed by atoms with Crippen LogP contribution in [0, 0.1) is 18.3 Å². The van der Waals surface area contributed by atoms with Gasteiger partial charge in [0.05, 0.1) is 12.7 Å². The molecule has 0 heterocycles. The van der Waals surface area contributed by atoms with Crippen molar-refractivity contribution in [3.8, 4) is 23.3 Å². The van der Waals surface area contributed by atoms with Crippen LogP contribution in [0.15, 0.2) is 36.4 Å². The van der Waals surface area contributed by atoms with Crippen LogP contribution < -0.4 is 9.47 Å². The SMILES string of the molecule is CCc1ccc(Oc2ccc(C)cc2C#N)c(OC)c1. The smallest absolute Gasteiger partial charge is 0.169 e. The van der Waals surface area contributed by atoms with Crippen LogP contribution in [0.3, 0.4) is 0 Å². The topological polar surface area (TPSA) is 42.2 Å². The molecule has 20 heavy (non-hydrogen) atoms. The molecule has 0 aliphatic rings. The van der Waals surface area contributed by atoms with Crippen LogP contribution in [0.1, 0.15) is 23.6 Å². The Morgan fingerprint density at radius 2 is 1.80 bits per heavy atom. The Bertz CT molecular complexity index is 657. The van der Waals surface area contributed by atoms with Gasteiger partial charge in [-0.3, -0.25) is 0 Å². The number of aryl methyl sites for hydroxylation is 2. The number of hydrogen-bond donors (Lipinski definition) is 0. The molecule has 0 aliphatic heterocycles. The second-order valence-corrected chi connectivity index (χ2v) is 4.55. The van der Waals surface area contributed by atoms with Crippen molar-refractivity contribution in [2.45, 2.75) is 20.3 Å². The van der Waals surface area contributed by atoms with E-state index < -0.39 is 0 Å². The molecule has 0 saturated carbocycles. The van der Waals surface area contributed by atoms with Crippen LogP contribution in [0.5, 0.6) is 17.2 Å². The molecule has 2 aromatic rings. The molecule has 102 valence electrons. The lowest BCUT2D eigenvalue weighted by molar-refractivity contribution is 0.378. The highest BCUT2D eigenvalue weighted by atomic mass is 16.5. The minimum absolute atomic E-state index is 0.520. The number of nitriles is 1. The lowest BCUT2D eigenvalue weighted by atomic mass is 10.1. The van der Waals surface area contributed by atoms with Gasteiger partial charge in [-0.15, -0.1) is 0 Å². The predicted octanol–water partition coefficient (Wildman–Crippen LogP) is 4.23. The number of hydrogen-bond acceptors (Lipinski definition) is 3. The Labute approximate surface area is 119 Å². The highest BCUT2D eigenvalue weighted by Crippen LogP contribution is 2.34. The summed E-state index contributed by atoms with van der Waals surface area (Å²) in [4.78, 5) is 0. The third-order valence-corrected chi connectivity index (χ3v) is 3.11. The molecule has 0 aromatic heterocycles. The van der Waals surface area contributed by atoms with E-state index in [0.29, 0.717) is 22.8 Å². The number of methoxy groups -OCH3 is 1. The van der Waals surface area contributed by atoms with Gasteiger partial charge in [0.2, 0.25) is 0 Å². The van der Waals surface area contributed by atoms with E-state index >= 15 is 0 Å². The first-order valence-corrected chi connectivity index (χ1v) is 6.53. The maximum atomic E-state index is 9.17. The van der Waals surface area contributed by atoms with Crippen molar-refractivity contribution < 1.29 is 9.47 Å². The highest BCUT2D eigenvalue weighted by Gasteiger charge is 2.10. The van der Waals surface area contributed by atoms with Crippen molar-refractivity contribution in [1.29, 1.82) is 5.26 Å². The van der Waals surface area contributed by atoms with Crippen LogP contribution in [0.25, 0.3) is 0 Å². The largest absolute Gasteiger partial charge is 0.493 e. The molecule has 2 aromatic carbocycles. The fourth-order valence-electron chi connectivity index (χ4n) is 1.95. The molecule has 0 fully saturated rings. The maximum absolute atomic E-state index is 9.17. The van der Waals surface area contributed by atoms with E-state index in [2.05, 4.69) is 13.0 Å². The Balaban J connectivity index is 2.37. The fourth-order valence-corrected chi connectivity index (χ4v) is 1.95. The molecule has 0 saturated heterocycles. The van der Waals surface area contributed by atoms with E-state index in [1.54, 1.807) is 13.2 Å². The maximum Gasteiger partial charge on any atom is 0.169 e. The molecule has 0 bridgehead atoms. The monoisotopic (exact) mass is 267 g/mol. The van der Waals surface area contributed by atoms with Crippen molar-refractivity contribution in [2.24, 2.45) is 0 Å². The van der Waals surface area contributed by atoms with Crippen molar-refractivity contribution in [3.05, 3.63) is 53.1 Å². The Morgan fingerprint density at radius 3 is 2.45 bits per heavy atom. The standard InChI is InChI=1S/C17H17NO2/c1-4-13-6-8-16(17(10-13)19-3)20-15-7-5-12(2)9-14(15)11-18/h5-10H,4H2,1-3H3. The van der Waals surface area contributed by atoms with Gasteiger partial charge in [-0.2, -0.15) is 5.26 Å². The van der Waals surface area contributed by atoms with E-state index in [-0.39, 0.29) is 0 Å². The van der Waals surface area contributed by atoms with Gasteiger partial charge in [0.25, 0.3) is 0 Å². The van der Waals surface area contributed by atoms with E-state index in [9.17, 15) is 0 Å². The molecule has 3 nitrogen and oxygen atoms in total. The van der Waals surface area contributed by atoms with E-state index in [0.717, 1.165) is 12.0 Å². The summed E-state index contributed by atoms with van der Waals surface area (Å²) >= 11 is 0. The summed E-state index contributed by atoms with van der Waals surface area (Å²) in [5, 5.41) is 9.17. The van der Waals surface area contributed by atoms with Gasteiger partial charge in [0.15, 0.2) is 11.5 Å². The number of rotatable bonds is 4. The van der Waals surface area contributed by atoms with Crippen LogP contribution >= 0.6 is 0 Å². The average molecular weight is 267 g/mol. The lowest BCUT2D eigenvalue weighted by Gasteiger charge is -2.12. The van der Waals surface area contributed by atoms with Gasteiger partial charge in [0, 0.05) is 0 Å². The number of ether oxygens (including phenoxy) is 2. The first-order chi connectivity index (χ1) is 9.67. The Hall–Kier alpha value is -2.47. The quantitative estimate of drug-likeness (QED) is 0.832. The molecule has 0 unspecified atom stereocenters. The summed E-state index contributed by atoms with van der Waals surface area (Å²) in [6.07, 6.45) is 0.935. The van der Waals surface area contributed by atoms with Crippen LogP contribution in [-0.2, 0) is 6.42 Å². The van der Waals surface area contributed by atoms with Crippen molar-refractivity contribution in [2.75, 3.05) is 7.11 Å². The zero-order chi connectivity index (χ0) is 14.5. The molecule has 0 N–H and O–H groups in total. The normalized spacial score (nSPS) is 9.90. The molecule has 2 rings (SSSR count). The summed E-state index contributed by atoms with van der Waals surface area (Å²) in [5.74, 6) is 1.83. The minimum atomic E-state index is 0.520. The third-order valence-electron chi connectivity index (χ3n) is 3.11. The Kier molecular flexibility index (Phi) is 4.27. The van der Waals surface area contributed by atoms with E-state index in [1.165, 1.54) is 5.56 Å². The number of nitrogens with zero attached hydrogens (tertiary/aromatic N) is 1. The fraction of sp³-hybridized carbons (Fsp3) is 0.235. The van der Waals surface area contributed by atoms with Crippen molar-refractivity contribution in [1.82, 2.24) is 0 Å². The first-order valence-electron chi connectivity index (χ1n) is 6.53. The molecular formula is C17H17NO2. The third kappa shape index (κ3) is 2.92. The van der Waals surface area contributed by atoms with Gasteiger partial charge in [-0.25, -0.2) is 0 Å². The van der Waals surface area contributed by atoms with E-state index in [1.807, 2.05) is 37.3 Å². The molecular weight excluding hydrogens is 250 g/mol.